The second kappa shape index (κ2) is 6.19. The van der Waals surface area contributed by atoms with E-state index in [9.17, 15) is 4.79 Å². The molecule has 0 bridgehead atoms. The van der Waals surface area contributed by atoms with Gasteiger partial charge in [0.05, 0.1) is 12.7 Å². The Morgan fingerprint density at radius 3 is 2.75 bits per heavy atom. The van der Waals surface area contributed by atoms with E-state index in [1.165, 1.54) is 7.11 Å². The molecule has 1 amide bonds. The standard InChI is InChI=1S/C13H11BrClN3O2/c1-7-5-11(20-2)17-13(16-7)18-12(19)9-4-3-8(15)6-10(9)14/h3-6H,1-2H3,(H,16,17,18,19). The second-order valence-corrected chi connectivity index (χ2v) is 5.24. The van der Waals surface area contributed by atoms with Gasteiger partial charge in [-0.15, -0.1) is 0 Å². The molecule has 20 heavy (non-hydrogen) atoms. The Balaban J connectivity index is 2.25. The maximum Gasteiger partial charge on any atom is 0.259 e. The number of nitrogens with one attached hydrogen (secondary N) is 1. The summed E-state index contributed by atoms with van der Waals surface area (Å²) in [7, 11) is 1.50. The molecule has 0 aliphatic rings. The lowest BCUT2D eigenvalue weighted by Gasteiger charge is -2.08. The molecule has 2 aromatic rings. The van der Waals surface area contributed by atoms with Crippen LogP contribution in [0.15, 0.2) is 28.7 Å². The van der Waals surface area contributed by atoms with Crippen LogP contribution in [-0.4, -0.2) is 23.0 Å². The molecule has 1 aromatic carbocycles. The van der Waals surface area contributed by atoms with Gasteiger partial charge in [-0.25, -0.2) is 4.98 Å². The highest BCUT2D eigenvalue weighted by molar-refractivity contribution is 9.10. The number of hydrogen-bond donors (Lipinski definition) is 1. The summed E-state index contributed by atoms with van der Waals surface area (Å²) in [4.78, 5) is 20.3. The average molecular weight is 357 g/mol. The van der Waals surface area contributed by atoms with E-state index >= 15 is 0 Å². The van der Waals surface area contributed by atoms with Crippen molar-refractivity contribution in [1.29, 1.82) is 0 Å². The summed E-state index contributed by atoms with van der Waals surface area (Å²) in [6.07, 6.45) is 0. The van der Waals surface area contributed by atoms with Gasteiger partial charge in [0.25, 0.3) is 5.91 Å². The molecule has 1 N–H and O–H groups in total. The van der Waals surface area contributed by atoms with E-state index in [4.69, 9.17) is 16.3 Å². The normalized spacial score (nSPS) is 10.2. The third kappa shape index (κ3) is 3.46. The molecule has 104 valence electrons. The van der Waals surface area contributed by atoms with Crippen molar-refractivity contribution >= 4 is 39.4 Å². The Labute approximate surface area is 129 Å². The van der Waals surface area contributed by atoms with Gasteiger partial charge in [-0.05, 0) is 41.1 Å². The molecule has 0 atom stereocenters. The Bertz CT molecular complexity index is 664. The number of aromatic nitrogens is 2. The molecular formula is C13H11BrClN3O2. The fourth-order valence-corrected chi connectivity index (χ4v) is 2.41. The highest BCUT2D eigenvalue weighted by Gasteiger charge is 2.13. The maximum absolute atomic E-state index is 12.2. The quantitative estimate of drug-likeness (QED) is 0.914. The third-order valence-electron chi connectivity index (χ3n) is 2.44. The molecule has 0 fully saturated rings. The van der Waals surface area contributed by atoms with Crippen molar-refractivity contribution in [3.05, 3.63) is 45.0 Å². The molecular weight excluding hydrogens is 346 g/mol. The van der Waals surface area contributed by atoms with E-state index in [1.54, 1.807) is 31.2 Å². The Morgan fingerprint density at radius 2 is 2.10 bits per heavy atom. The van der Waals surface area contributed by atoms with E-state index in [2.05, 4.69) is 31.2 Å². The van der Waals surface area contributed by atoms with E-state index in [1.807, 2.05) is 0 Å². The van der Waals surface area contributed by atoms with E-state index in [0.29, 0.717) is 26.6 Å². The number of rotatable bonds is 3. The first-order valence-electron chi connectivity index (χ1n) is 5.65. The van der Waals surface area contributed by atoms with Gasteiger partial charge < -0.3 is 4.74 Å². The summed E-state index contributed by atoms with van der Waals surface area (Å²) in [5.41, 5.74) is 1.14. The SMILES string of the molecule is COc1cc(C)nc(NC(=O)c2ccc(Cl)cc2Br)n1. The van der Waals surface area contributed by atoms with Gasteiger partial charge in [0.15, 0.2) is 0 Å². The Morgan fingerprint density at radius 1 is 1.35 bits per heavy atom. The average Bonchev–Trinajstić information content (AvgIpc) is 2.37. The van der Waals surface area contributed by atoms with E-state index in [-0.39, 0.29) is 11.9 Å². The predicted molar refractivity (Wildman–Crippen MR) is 80.4 cm³/mol. The minimum absolute atomic E-state index is 0.189. The van der Waals surface area contributed by atoms with Crippen LogP contribution >= 0.6 is 27.5 Å². The molecule has 0 unspecified atom stereocenters. The lowest BCUT2D eigenvalue weighted by Crippen LogP contribution is -2.15. The van der Waals surface area contributed by atoms with Gasteiger partial charge in [-0.3, -0.25) is 10.1 Å². The first-order valence-corrected chi connectivity index (χ1v) is 6.83. The fraction of sp³-hybridized carbons (Fsp3) is 0.154. The zero-order valence-corrected chi connectivity index (χ0v) is 13.1. The highest BCUT2D eigenvalue weighted by Crippen LogP contribution is 2.22. The van der Waals surface area contributed by atoms with Gasteiger partial charge in [-0.1, -0.05) is 11.6 Å². The molecule has 0 spiro atoms. The van der Waals surface area contributed by atoms with Crippen molar-refractivity contribution < 1.29 is 9.53 Å². The number of halogens is 2. The molecule has 0 aliphatic carbocycles. The first kappa shape index (κ1) is 14.7. The van der Waals surface area contributed by atoms with Crippen molar-refractivity contribution in [3.63, 3.8) is 0 Å². The largest absolute Gasteiger partial charge is 0.481 e. The van der Waals surface area contributed by atoms with Crippen LogP contribution in [-0.2, 0) is 0 Å². The molecule has 2 rings (SSSR count). The van der Waals surface area contributed by atoms with Crippen LogP contribution in [0.25, 0.3) is 0 Å². The van der Waals surface area contributed by atoms with Crippen molar-refractivity contribution in [3.8, 4) is 5.88 Å². The summed E-state index contributed by atoms with van der Waals surface area (Å²) in [5, 5.41) is 3.16. The zero-order chi connectivity index (χ0) is 14.7. The number of anilines is 1. The van der Waals surface area contributed by atoms with E-state index < -0.39 is 0 Å². The Hall–Kier alpha value is -1.66. The predicted octanol–water partition coefficient (Wildman–Crippen LogP) is 3.46. The zero-order valence-electron chi connectivity index (χ0n) is 10.8. The van der Waals surface area contributed by atoms with Crippen LogP contribution in [0.4, 0.5) is 5.95 Å². The summed E-state index contributed by atoms with van der Waals surface area (Å²) >= 11 is 9.13. The monoisotopic (exact) mass is 355 g/mol. The smallest absolute Gasteiger partial charge is 0.259 e. The number of ether oxygens (including phenoxy) is 1. The highest BCUT2D eigenvalue weighted by atomic mass is 79.9. The maximum atomic E-state index is 12.2. The minimum atomic E-state index is -0.332. The molecule has 0 aliphatic heterocycles. The van der Waals surface area contributed by atoms with Gasteiger partial charge >= 0.3 is 0 Å². The number of benzene rings is 1. The van der Waals surface area contributed by atoms with Gasteiger partial charge in [0.1, 0.15) is 0 Å². The number of carbonyl (C=O) groups is 1. The number of hydrogen-bond acceptors (Lipinski definition) is 4. The summed E-state index contributed by atoms with van der Waals surface area (Å²) in [5.74, 6) is 0.248. The number of carbonyl (C=O) groups excluding carboxylic acids is 1. The van der Waals surface area contributed by atoms with Crippen LogP contribution in [0, 0.1) is 6.92 Å². The number of nitrogens with zero attached hydrogens (tertiary/aromatic N) is 2. The second-order valence-electron chi connectivity index (χ2n) is 3.95. The summed E-state index contributed by atoms with van der Waals surface area (Å²) in [6.45, 7) is 1.79. The first-order chi connectivity index (χ1) is 9.49. The lowest BCUT2D eigenvalue weighted by atomic mass is 10.2. The van der Waals surface area contributed by atoms with Gasteiger partial charge in [0.2, 0.25) is 11.8 Å². The molecule has 0 saturated heterocycles. The number of methoxy groups -OCH3 is 1. The van der Waals surface area contributed by atoms with Crippen molar-refractivity contribution in [1.82, 2.24) is 9.97 Å². The molecule has 0 radical (unpaired) electrons. The van der Waals surface area contributed by atoms with Crippen LogP contribution < -0.4 is 10.1 Å². The van der Waals surface area contributed by atoms with Crippen LogP contribution in [0.2, 0.25) is 5.02 Å². The minimum Gasteiger partial charge on any atom is -0.481 e. The fourth-order valence-electron chi connectivity index (χ4n) is 1.54. The molecule has 1 aromatic heterocycles. The molecule has 1 heterocycles. The number of amides is 1. The summed E-state index contributed by atoms with van der Waals surface area (Å²) in [6, 6.07) is 6.58. The molecule has 5 nitrogen and oxygen atoms in total. The van der Waals surface area contributed by atoms with Gasteiger partial charge in [-0.2, -0.15) is 4.98 Å². The van der Waals surface area contributed by atoms with Crippen LogP contribution in [0.3, 0.4) is 0 Å². The third-order valence-corrected chi connectivity index (χ3v) is 3.33. The van der Waals surface area contributed by atoms with Crippen molar-refractivity contribution in [2.75, 3.05) is 12.4 Å². The van der Waals surface area contributed by atoms with Crippen molar-refractivity contribution in [2.24, 2.45) is 0 Å². The lowest BCUT2D eigenvalue weighted by molar-refractivity contribution is 0.102. The van der Waals surface area contributed by atoms with Crippen LogP contribution in [0.5, 0.6) is 5.88 Å². The van der Waals surface area contributed by atoms with Crippen LogP contribution in [0.1, 0.15) is 16.1 Å². The van der Waals surface area contributed by atoms with Gasteiger partial charge in [0, 0.05) is 21.3 Å². The number of aryl methyl sites for hydroxylation is 1. The van der Waals surface area contributed by atoms with Crippen molar-refractivity contribution in [2.45, 2.75) is 6.92 Å². The molecule has 0 saturated carbocycles. The summed E-state index contributed by atoms with van der Waals surface area (Å²) < 4.78 is 5.63. The topological polar surface area (TPSA) is 64.1 Å². The molecule has 7 heteroatoms. The van der Waals surface area contributed by atoms with E-state index in [0.717, 1.165) is 0 Å². The Kier molecular flexibility index (Phi) is 4.57.